The first kappa shape index (κ1) is 30.5. The Morgan fingerprint density at radius 2 is 1.52 bits per heavy atom. The van der Waals surface area contributed by atoms with Crippen LogP contribution >= 0.6 is 0 Å². The van der Waals surface area contributed by atoms with E-state index in [0.717, 1.165) is 22.8 Å². The maximum atomic E-state index is 15.6. The number of aromatic hydroxyl groups is 1. The molecule has 2 heterocycles. The van der Waals surface area contributed by atoms with Crippen LogP contribution in [0.4, 0.5) is 32.2 Å². The van der Waals surface area contributed by atoms with Gasteiger partial charge in [0.1, 0.15) is 22.2 Å². The number of benzene rings is 3. The zero-order chi connectivity index (χ0) is 32.2. The molecule has 44 heavy (non-hydrogen) atoms. The van der Waals surface area contributed by atoms with Crippen LogP contribution in [0, 0.1) is 41.8 Å². The van der Waals surface area contributed by atoms with E-state index in [-0.39, 0.29) is 11.6 Å². The number of halogens is 6. The van der Waals surface area contributed by atoms with Crippen molar-refractivity contribution in [1.29, 1.82) is 0 Å². The zero-order valence-corrected chi connectivity index (χ0v) is 23.7. The number of rotatable bonds is 6. The molecule has 0 aliphatic carbocycles. The standard InChI is InChI=1S/C29H20F6N4O4S/c1-12(2)14-7-4-5-9-18(14)39-28-15(11-17(31)25(36-28)20-16(30)8-6-10-19(20)40)27(37-29(39)41)38-44(42,43)26-13(3)21(32)22(33)23(34)24(26)35/h4-12,40H,1-3H3,(H,37,38,41). The van der Waals surface area contributed by atoms with Gasteiger partial charge in [0.2, 0.25) is 0 Å². The fourth-order valence-corrected chi connectivity index (χ4v) is 6.07. The van der Waals surface area contributed by atoms with Gasteiger partial charge < -0.3 is 5.11 Å². The van der Waals surface area contributed by atoms with Gasteiger partial charge in [-0.15, -0.1) is 0 Å². The summed E-state index contributed by atoms with van der Waals surface area (Å²) < 4.78 is 116. The molecule has 228 valence electrons. The summed E-state index contributed by atoms with van der Waals surface area (Å²) in [6, 6.07) is 10.2. The molecule has 0 bridgehead atoms. The van der Waals surface area contributed by atoms with E-state index in [1.807, 2.05) is 0 Å². The van der Waals surface area contributed by atoms with Crippen molar-refractivity contribution in [2.45, 2.75) is 31.6 Å². The summed E-state index contributed by atoms with van der Waals surface area (Å²) >= 11 is 0. The minimum atomic E-state index is -5.36. The first-order valence-corrected chi connectivity index (χ1v) is 14.2. The number of nitrogens with zero attached hydrogens (tertiary/aromatic N) is 3. The molecule has 0 aliphatic heterocycles. The maximum Gasteiger partial charge on any atom is 0.355 e. The first-order valence-electron chi connectivity index (χ1n) is 12.7. The number of pyridine rings is 1. The lowest BCUT2D eigenvalue weighted by Crippen LogP contribution is -2.27. The van der Waals surface area contributed by atoms with E-state index in [9.17, 15) is 40.3 Å². The van der Waals surface area contributed by atoms with E-state index in [4.69, 9.17) is 0 Å². The van der Waals surface area contributed by atoms with Crippen LogP contribution in [0.1, 0.15) is 30.9 Å². The molecular weight excluding hydrogens is 614 g/mol. The highest BCUT2D eigenvalue weighted by molar-refractivity contribution is 7.92. The van der Waals surface area contributed by atoms with Gasteiger partial charge in [0, 0.05) is 5.56 Å². The molecule has 0 fully saturated rings. The summed E-state index contributed by atoms with van der Waals surface area (Å²) in [5.74, 6) is -13.1. The van der Waals surface area contributed by atoms with Gasteiger partial charge in [-0.1, -0.05) is 38.1 Å². The van der Waals surface area contributed by atoms with Crippen LogP contribution in [-0.4, -0.2) is 28.1 Å². The second-order valence-corrected chi connectivity index (χ2v) is 11.6. The second-order valence-electron chi connectivity index (χ2n) is 9.93. The Morgan fingerprint density at radius 3 is 2.18 bits per heavy atom. The lowest BCUT2D eigenvalue weighted by molar-refractivity contribution is 0.392. The van der Waals surface area contributed by atoms with Gasteiger partial charge >= 0.3 is 5.69 Å². The molecule has 0 saturated carbocycles. The highest BCUT2D eigenvalue weighted by Crippen LogP contribution is 2.36. The second kappa shape index (κ2) is 11.0. The van der Waals surface area contributed by atoms with E-state index in [0.29, 0.717) is 18.6 Å². The predicted octanol–water partition coefficient (Wildman–Crippen LogP) is 6.22. The quantitative estimate of drug-likeness (QED) is 0.130. The van der Waals surface area contributed by atoms with Crippen molar-refractivity contribution in [3.05, 3.63) is 105 Å². The van der Waals surface area contributed by atoms with E-state index in [1.54, 1.807) is 36.8 Å². The van der Waals surface area contributed by atoms with Crippen LogP contribution in [0.2, 0.25) is 0 Å². The van der Waals surface area contributed by atoms with Crippen molar-refractivity contribution in [3.63, 3.8) is 0 Å². The summed E-state index contributed by atoms with van der Waals surface area (Å²) in [4.78, 5) is 19.7. The Hall–Kier alpha value is -4.92. The third-order valence-corrected chi connectivity index (χ3v) is 8.28. The summed E-state index contributed by atoms with van der Waals surface area (Å²) in [5.41, 5.74) is -3.47. The van der Waals surface area contributed by atoms with Gasteiger partial charge in [-0.25, -0.2) is 49.1 Å². The summed E-state index contributed by atoms with van der Waals surface area (Å²) in [7, 11) is -5.36. The minimum absolute atomic E-state index is 0.187. The molecule has 5 aromatic rings. The number of hydrogen-bond acceptors (Lipinski definition) is 6. The molecule has 0 radical (unpaired) electrons. The van der Waals surface area contributed by atoms with Crippen LogP contribution in [0.3, 0.4) is 0 Å². The smallest absolute Gasteiger partial charge is 0.355 e. The van der Waals surface area contributed by atoms with Crippen LogP contribution < -0.4 is 10.4 Å². The molecule has 0 spiro atoms. The topological polar surface area (TPSA) is 114 Å². The minimum Gasteiger partial charge on any atom is -0.507 e. The molecular formula is C29H20F6N4O4S. The number of phenols is 1. The average molecular weight is 635 g/mol. The fraction of sp³-hybridized carbons (Fsp3) is 0.138. The van der Waals surface area contributed by atoms with Crippen molar-refractivity contribution < 1.29 is 39.9 Å². The summed E-state index contributed by atoms with van der Waals surface area (Å²) in [5, 5.41) is 9.78. The lowest BCUT2D eigenvalue weighted by Gasteiger charge is -2.19. The number of anilines is 1. The van der Waals surface area contributed by atoms with Crippen LogP contribution in [0.25, 0.3) is 28.0 Å². The molecule has 0 saturated heterocycles. The Labute approximate surface area is 245 Å². The van der Waals surface area contributed by atoms with E-state index >= 15 is 4.39 Å². The first-order chi connectivity index (χ1) is 20.7. The fourth-order valence-electron chi connectivity index (χ4n) is 4.74. The van der Waals surface area contributed by atoms with Gasteiger partial charge in [-0.05, 0) is 42.7 Å². The maximum absolute atomic E-state index is 15.6. The molecule has 0 aliphatic rings. The number of aromatic nitrogens is 3. The molecule has 15 heteroatoms. The van der Waals surface area contributed by atoms with Crippen molar-refractivity contribution in [1.82, 2.24) is 14.5 Å². The highest BCUT2D eigenvalue weighted by Gasteiger charge is 2.32. The van der Waals surface area contributed by atoms with Crippen LogP contribution in [0.5, 0.6) is 5.75 Å². The molecule has 2 N–H and O–H groups in total. The summed E-state index contributed by atoms with van der Waals surface area (Å²) in [6.07, 6.45) is 0. The van der Waals surface area contributed by atoms with E-state index in [2.05, 4.69) is 9.97 Å². The molecule has 5 rings (SSSR count). The molecule has 2 aromatic heterocycles. The molecule has 3 aromatic carbocycles. The monoisotopic (exact) mass is 634 g/mol. The number of fused-ring (bicyclic) bond motifs is 1. The van der Waals surface area contributed by atoms with Crippen LogP contribution in [0.15, 0.2) is 58.2 Å². The van der Waals surface area contributed by atoms with Gasteiger partial charge in [0.15, 0.2) is 40.6 Å². The van der Waals surface area contributed by atoms with Gasteiger partial charge in [-0.3, -0.25) is 4.72 Å². The molecule has 0 amide bonds. The van der Waals surface area contributed by atoms with Crippen molar-refractivity contribution >= 4 is 26.9 Å². The van der Waals surface area contributed by atoms with E-state index in [1.165, 1.54) is 6.07 Å². The normalized spacial score (nSPS) is 11.9. The Kier molecular flexibility index (Phi) is 7.61. The van der Waals surface area contributed by atoms with Crippen molar-refractivity contribution in [2.24, 2.45) is 0 Å². The summed E-state index contributed by atoms with van der Waals surface area (Å²) in [6.45, 7) is 4.28. The van der Waals surface area contributed by atoms with Crippen molar-refractivity contribution in [3.8, 4) is 22.7 Å². The highest BCUT2D eigenvalue weighted by atomic mass is 32.2. The largest absolute Gasteiger partial charge is 0.507 e. The van der Waals surface area contributed by atoms with Crippen LogP contribution in [-0.2, 0) is 10.0 Å². The Bertz CT molecular complexity index is 2120. The predicted molar refractivity (Wildman–Crippen MR) is 148 cm³/mol. The molecule has 0 unspecified atom stereocenters. The number of hydrogen-bond donors (Lipinski definition) is 2. The third kappa shape index (κ3) is 4.92. The number of nitrogens with one attached hydrogen (secondary N) is 1. The third-order valence-electron chi connectivity index (χ3n) is 6.80. The average Bonchev–Trinajstić information content (AvgIpc) is 2.95. The Balaban J connectivity index is 1.86. The Morgan fingerprint density at radius 1 is 0.864 bits per heavy atom. The van der Waals surface area contributed by atoms with Gasteiger partial charge in [0.25, 0.3) is 10.0 Å². The number of phenolic OH excluding ortho intramolecular Hbond substituents is 1. The van der Waals surface area contributed by atoms with E-state index < -0.39 is 94.9 Å². The number of sulfonamides is 1. The molecule has 8 nitrogen and oxygen atoms in total. The number of para-hydroxylation sites is 1. The van der Waals surface area contributed by atoms with Gasteiger partial charge in [0.05, 0.1) is 16.6 Å². The molecule has 0 atom stereocenters. The zero-order valence-electron chi connectivity index (χ0n) is 22.9. The lowest BCUT2D eigenvalue weighted by atomic mass is 10.0. The SMILES string of the molecule is Cc1c(F)c(F)c(F)c(F)c1S(=O)(=O)Nc1nc(=O)n(-c2ccccc2C(C)C)c2nc(-c3c(O)cccc3F)c(F)cc12. The van der Waals surface area contributed by atoms with Gasteiger partial charge in [-0.2, -0.15) is 4.98 Å². The van der Waals surface area contributed by atoms with Crippen molar-refractivity contribution in [2.75, 3.05) is 4.72 Å².